The normalized spacial score (nSPS) is 16.8. The fourth-order valence-corrected chi connectivity index (χ4v) is 10.9. The molecule has 2 nitrogen and oxygen atoms in total. The lowest BCUT2D eigenvalue weighted by atomic mass is 10.00. The van der Waals surface area contributed by atoms with Crippen molar-refractivity contribution in [2.75, 3.05) is 23.0 Å². The number of carbonyl (C=O) groups excluding carboxylic acids is 1. The summed E-state index contributed by atoms with van der Waals surface area (Å²) in [5, 5.41) is 10.9. The molecule has 44 heavy (non-hydrogen) atoms. The van der Waals surface area contributed by atoms with Crippen LogP contribution in [0.25, 0.3) is 0 Å². The maximum atomic E-state index is 13.5. The van der Waals surface area contributed by atoms with Gasteiger partial charge in [-0.05, 0) is 76.8 Å². The number of aliphatic hydroxyl groups excluding tert-OH is 1. The van der Waals surface area contributed by atoms with Gasteiger partial charge in [-0.3, -0.25) is 4.79 Å². The van der Waals surface area contributed by atoms with Crippen molar-refractivity contribution in [2.45, 2.75) is 27.6 Å². The van der Waals surface area contributed by atoms with Crippen LogP contribution < -0.4 is 0 Å². The Morgan fingerprint density at radius 2 is 1.16 bits per heavy atom. The molecule has 2 heterocycles. The Morgan fingerprint density at radius 1 is 0.682 bits per heavy atom. The summed E-state index contributed by atoms with van der Waals surface area (Å²) in [6.07, 6.45) is 1.86. The van der Waals surface area contributed by atoms with E-state index in [1.165, 1.54) is 35.6 Å². The van der Waals surface area contributed by atoms with E-state index in [1.807, 2.05) is 30.3 Å². The van der Waals surface area contributed by atoms with Gasteiger partial charge in [0.05, 0.1) is 4.58 Å². The molecule has 2 aliphatic rings. The van der Waals surface area contributed by atoms with E-state index in [-0.39, 0.29) is 11.1 Å². The third kappa shape index (κ3) is 9.81. The number of halogens is 4. The summed E-state index contributed by atoms with van der Waals surface area (Å²) in [4.78, 5) is 9.98. The van der Waals surface area contributed by atoms with Crippen LogP contribution in [-0.2, 0) is 4.08 Å². The first-order valence-electron chi connectivity index (χ1n) is 14.0. The molecule has 0 spiro atoms. The Morgan fingerprint density at radius 3 is 1.68 bits per heavy atom. The minimum absolute atomic E-state index is 0.0116. The van der Waals surface area contributed by atoms with Crippen molar-refractivity contribution in [3.63, 3.8) is 0 Å². The van der Waals surface area contributed by atoms with E-state index < -0.39 is 33.5 Å². The van der Waals surface area contributed by atoms with Gasteiger partial charge in [0.15, 0.2) is 0 Å². The van der Waals surface area contributed by atoms with E-state index in [2.05, 4.69) is 53.9 Å². The smallest absolute Gasteiger partial charge is 0.150 e. The van der Waals surface area contributed by atoms with Gasteiger partial charge in [0.2, 0.25) is 0 Å². The summed E-state index contributed by atoms with van der Waals surface area (Å²) in [6, 6.07) is 26.4. The number of aliphatic hydroxyl groups is 1. The zero-order valence-electron chi connectivity index (χ0n) is 23.7. The molecule has 0 amide bonds. The third-order valence-electron chi connectivity index (χ3n) is 6.58. The van der Waals surface area contributed by atoms with Crippen molar-refractivity contribution >= 4 is 53.3 Å². The van der Waals surface area contributed by atoms with Crippen molar-refractivity contribution < 1.29 is 27.5 Å². The fraction of sp³-hybridized carbons (Fsp3) is 0.265. The topological polar surface area (TPSA) is 37.3 Å². The maximum absolute atomic E-state index is 13.5. The van der Waals surface area contributed by atoms with Crippen LogP contribution in [0.1, 0.15) is 50.6 Å². The van der Waals surface area contributed by atoms with Crippen molar-refractivity contribution in [1.82, 2.24) is 0 Å². The van der Waals surface area contributed by atoms with E-state index in [1.54, 1.807) is 23.5 Å². The maximum Gasteiger partial charge on any atom is 0.150 e. The molecule has 0 aliphatic carbocycles. The van der Waals surface area contributed by atoms with Gasteiger partial charge in [0, 0.05) is 17.7 Å². The zero-order chi connectivity index (χ0) is 31.4. The number of hydrogen-bond acceptors (Lipinski definition) is 6. The molecule has 2 fully saturated rings. The molecule has 2 aliphatic heterocycles. The molecule has 1 atom stereocenters. The number of thioether (sulfide) groups is 4. The Labute approximate surface area is 272 Å². The van der Waals surface area contributed by atoms with Crippen LogP contribution in [0.2, 0.25) is 0 Å². The van der Waals surface area contributed by atoms with Crippen LogP contribution in [0.15, 0.2) is 97.1 Å². The highest BCUT2D eigenvalue weighted by molar-refractivity contribution is 8.18. The number of benzene rings is 4. The minimum atomic E-state index is -0.976. The molecule has 4 aromatic carbocycles. The highest BCUT2D eigenvalue weighted by atomic mass is 32.2. The molecule has 232 valence electrons. The first-order valence-corrected chi connectivity index (χ1v) is 18.0. The third-order valence-corrected chi connectivity index (χ3v) is 13.1. The van der Waals surface area contributed by atoms with Gasteiger partial charge in [-0.1, -0.05) is 60.7 Å². The van der Waals surface area contributed by atoms with Gasteiger partial charge >= 0.3 is 0 Å². The highest BCUT2D eigenvalue weighted by Gasteiger charge is 2.43. The SMILES string of the molecule is O=Cc1cc(F)cc(F)c1.OC(c1cc(F)cc(F)c1)C1(c2ccccc2)SCCCS1.c1ccc(C2SCCCS2)cc1. The Kier molecular flexibility index (Phi) is 13.6. The Bertz CT molecular complexity index is 1420. The lowest BCUT2D eigenvalue weighted by molar-refractivity contribution is 0.112. The summed E-state index contributed by atoms with van der Waals surface area (Å²) in [7, 11) is 0. The standard InChI is InChI=1S/C17H16F2OS2.C10H12S2.C7H4F2O/c18-14-9-12(10-15(19)11-14)16(20)17(21-7-4-8-22-17)13-5-2-1-3-6-13;1-2-5-9(6-3-1)10-11-7-4-8-12-10;8-6-1-5(4-10)2-7(9)3-6/h1-3,5-6,9-11,16,20H,4,7-8H2;1-3,5-6,10H,4,7-8H2;1-4H. The minimum Gasteiger partial charge on any atom is -0.386 e. The second-order valence-electron chi connectivity index (χ2n) is 9.85. The van der Waals surface area contributed by atoms with Crippen LogP contribution in [0.3, 0.4) is 0 Å². The quantitative estimate of drug-likeness (QED) is 0.168. The zero-order valence-corrected chi connectivity index (χ0v) is 27.0. The predicted molar refractivity (Wildman–Crippen MR) is 179 cm³/mol. The van der Waals surface area contributed by atoms with Crippen molar-refractivity contribution in [3.8, 4) is 0 Å². The lowest BCUT2D eigenvalue weighted by Gasteiger charge is -2.40. The molecule has 1 N–H and O–H groups in total. The first-order chi connectivity index (χ1) is 21.3. The van der Waals surface area contributed by atoms with Gasteiger partial charge in [-0.25, -0.2) is 17.6 Å². The van der Waals surface area contributed by atoms with Crippen LogP contribution in [0, 0.1) is 23.3 Å². The number of hydrogen-bond donors (Lipinski definition) is 1. The molecule has 0 saturated carbocycles. The van der Waals surface area contributed by atoms with Crippen LogP contribution in [-0.4, -0.2) is 34.4 Å². The summed E-state index contributed by atoms with van der Waals surface area (Å²) >= 11 is 7.45. The molecular formula is C34H32F4O2S4. The average Bonchev–Trinajstić information content (AvgIpc) is 3.05. The van der Waals surface area contributed by atoms with Crippen LogP contribution >= 0.6 is 47.0 Å². The van der Waals surface area contributed by atoms with E-state index >= 15 is 0 Å². The van der Waals surface area contributed by atoms with Gasteiger partial charge in [-0.15, -0.1) is 47.0 Å². The van der Waals surface area contributed by atoms with Crippen LogP contribution in [0.4, 0.5) is 17.6 Å². The van der Waals surface area contributed by atoms with Gasteiger partial charge in [0.25, 0.3) is 0 Å². The molecule has 0 bridgehead atoms. The number of rotatable bonds is 5. The number of aldehydes is 1. The molecule has 0 aromatic heterocycles. The molecule has 6 rings (SSSR count). The second-order valence-corrected chi connectivity index (χ2v) is 15.5. The fourth-order valence-electron chi connectivity index (χ4n) is 4.59. The van der Waals surface area contributed by atoms with Crippen molar-refractivity contribution in [1.29, 1.82) is 0 Å². The summed E-state index contributed by atoms with van der Waals surface area (Å²) in [6.45, 7) is 0. The van der Waals surface area contributed by atoms with E-state index in [9.17, 15) is 27.5 Å². The molecule has 1 unspecified atom stereocenters. The Hall–Kier alpha value is -2.37. The van der Waals surface area contributed by atoms with E-state index in [4.69, 9.17) is 0 Å². The first kappa shape index (κ1) is 34.5. The monoisotopic (exact) mass is 676 g/mol. The molecule has 10 heteroatoms. The van der Waals surface area contributed by atoms with Gasteiger partial charge in [0.1, 0.15) is 39.7 Å². The van der Waals surface area contributed by atoms with Crippen LogP contribution in [0.5, 0.6) is 0 Å². The second kappa shape index (κ2) is 17.4. The van der Waals surface area contributed by atoms with Gasteiger partial charge < -0.3 is 5.11 Å². The lowest BCUT2D eigenvalue weighted by Crippen LogP contribution is -2.30. The summed E-state index contributed by atoms with van der Waals surface area (Å²) < 4.78 is 51.5. The number of carbonyl (C=O) groups is 1. The summed E-state index contributed by atoms with van der Waals surface area (Å²) in [5.74, 6) is 1.68. The predicted octanol–water partition coefficient (Wildman–Crippen LogP) is 10.1. The molecule has 4 aromatic rings. The molecule has 0 radical (unpaired) electrons. The molecule has 2 saturated heterocycles. The summed E-state index contributed by atoms with van der Waals surface area (Å²) in [5.41, 5.74) is 2.75. The van der Waals surface area contributed by atoms with Crippen molar-refractivity contribution in [3.05, 3.63) is 143 Å². The van der Waals surface area contributed by atoms with Gasteiger partial charge in [-0.2, -0.15) is 0 Å². The van der Waals surface area contributed by atoms with E-state index in [0.29, 0.717) is 16.9 Å². The average molecular weight is 677 g/mol. The highest BCUT2D eigenvalue weighted by Crippen LogP contribution is 2.57. The molecular weight excluding hydrogens is 645 g/mol. The Balaban J connectivity index is 0.000000168. The van der Waals surface area contributed by atoms with Crippen molar-refractivity contribution in [2.24, 2.45) is 0 Å². The largest absolute Gasteiger partial charge is 0.386 e. The van der Waals surface area contributed by atoms with E-state index in [0.717, 1.165) is 41.7 Å².